The van der Waals surface area contributed by atoms with Crippen molar-refractivity contribution in [3.8, 4) is 0 Å². The summed E-state index contributed by atoms with van der Waals surface area (Å²) in [4.78, 5) is 4.19. The van der Waals surface area contributed by atoms with Crippen molar-refractivity contribution < 1.29 is 4.52 Å². The molecule has 2 N–H and O–H groups in total. The molecule has 20 heavy (non-hydrogen) atoms. The maximum atomic E-state index is 6.29. The van der Waals surface area contributed by atoms with Crippen molar-refractivity contribution in [3.63, 3.8) is 0 Å². The molecule has 1 atom stereocenters. The lowest BCUT2D eigenvalue weighted by atomic mass is 10.0. The van der Waals surface area contributed by atoms with Crippen LogP contribution in [-0.4, -0.2) is 14.7 Å². The Morgan fingerprint density at radius 3 is 2.80 bits per heavy atom. The van der Waals surface area contributed by atoms with Crippen LogP contribution in [-0.2, 0) is 13.0 Å². The molecule has 0 saturated carbocycles. The van der Waals surface area contributed by atoms with Gasteiger partial charge in [-0.15, -0.1) is 0 Å². The van der Waals surface area contributed by atoms with Crippen LogP contribution in [0.25, 0.3) is 0 Å². The minimum atomic E-state index is -0.0946. The SMILES string of the molecule is N[C@H](Cc1ccccc1)c1cncn1Cc1ccno1. The molecule has 2 aromatic heterocycles. The highest BCUT2D eigenvalue weighted by Gasteiger charge is 2.13. The van der Waals surface area contributed by atoms with Crippen molar-refractivity contribution in [2.24, 2.45) is 5.73 Å². The number of benzene rings is 1. The number of hydrogen-bond donors (Lipinski definition) is 1. The molecule has 0 fully saturated rings. The molecule has 3 rings (SSSR count). The minimum absolute atomic E-state index is 0.0946. The van der Waals surface area contributed by atoms with E-state index in [0.29, 0.717) is 6.54 Å². The monoisotopic (exact) mass is 268 g/mol. The molecule has 0 unspecified atom stereocenters. The van der Waals surface area contributed by atoms with Gasteiger partial charge < -0.3 is 14.8 Å². The summed E-state index contributed by atoms with van der Waals surface area (Å²) in [7, 11) is 0. The van der Waals surface area contributed by atoms with Crippen LogP contribution < -0.4 is 5.73 Å². The Morgan fingerprint density at radius 1 is 1.20 bits per heavy atom. The van der Waals surface area contributed by atoms with Crippen LogP contribution >= 0.6 is 0 Å². The topological polar surface area (TPSA) is 69.9 Å². The van der Waals surface area contributed by atoms with Crippen LogP contribution in [0.2, 0.25) is 0 Å². The molecule has 2 heterocycles. The van der Waals surface area contributed by atoms with E-state index in [1.807, 2.05) is 35.0 Å². The predicted octanol–water partition coefficient (Wildman–Crippen LogP) is 2.16. The van der Waals surface area contributed by atoms with Crippen LogP contribution in [0, 0.1) is 0 Å². The van der Waals surface area contributed by atoms with E-state index in [-0.39, 0.29) is 6.04 Å². The summed E-state index contributed by atoms with van der Waals surface area (Å²) in [6, 6.07) is 12.0. The normalized spacial score (nSPS) is 12.4. The Hall–Kier alpha value is -2.40. The lowest BCUT2D eigenvalue weighted by molar-refractivity contribution is 0.374. The molecule has 0 radical (unpaired) electrons. The van der Waals surface area contributed by atoms with Crippen molar-refractivity contribution in [2.75, 3.05) is 0 Å². The first kappa shape index (κ1) is 12.6. The number of aromatic nitrogens is 3. The Morgan fingerprint density at radius 2 is 2.05 bits per heavy atom. The van der Waals surface area contributed by atoms with Gasteiger partial charge >= 0.3 is 0 Å². The molecular formula is C15H16N4O. The minimum Gasteiger partial charge on any atom is -0.359 e. The van der Waals surface area contributed by atoms with Crippen LogP contribution in [0.5, 0.6) is 0 Å². The van der Waals surface area contributed by atoms with Gasteiger partial charge in [-0.2, -0.15) is 0 Å². The van der Waals surface area contributed by atoms with Gasteiger partial charge in [0.1, 0.15) is 0 Å². The molecule has 0 bridgehead atoms. The summed E-state index contributed by atoms with van der Waals surface area (Å²) in [5.74, 6) is 0.788. The number of imidazole rings is 1. The van der Waals surface area contributed by atoms with E-state index in [2.05, 4.69) is 22.3 Å². The molecule has 0 aliphatic heterocycles. The van der Waals surface area contributed by atoms with Crippen molar-refractivity contribution in [1.82, 2.24) is 14.7 Å². The Balaban J connectivity index is 1.75. The maximum Gasteiger partial charge on any atom is 0.156 e. The molecule has 1 aromatic carbocycles. The van der Waals surface area contributed by atoms with E-state index in [9.17, 15) is 0 Å². The summed E-state index contributed by atoms with van der Waals surface area (Å²) < 4.78 is 7.11. The van der Waals surface area contributed by atoms with Gasteiger partial charge in [-0.25, -0.2) is 4.98 Å². The standard InChI is InChI=1S/C15H16N4O/c16-14(8-12-4-2-1-3-5-12)15-9-17-11-19(15)10-13-6-7-18-20-13/h1-7,9,11,14H,8,10,16H2/t14-/m1/s1. The van der Waals surface area contributed by atoms with Crippen LogP contribution in [0.15, 0.2) is 59.6 Å². The fraction of sp³-hybridized carbons (Fsp3) is 0.200. The Kier molecular flexibility index (Phi) is 3.60. The quantitative estimate of drug-likeness (QED) is 0.769. The van der Waals surface area contributed by atoms with Crippen molar-refractivity contribution >= 4 is 0 Å². The van der Waals surface area contributed by atoms with Gasteiger partial charge in [0.2, 0.25) is 0 Å². The first-order valence-corrected chi connectivity index (χ1v) is 6.52. The fourth-order valence-electron chi connectivity index (χ4n) is 2.24. The number of nitrogens with two attached hydrogens (primary N) is 1. The molecular weight excluding hydrogens is 252 g/mol. The lowest BCUT2D eigenvalue weighted by Crippen LogP contribution is -2.18. The van der Waals surface area contributed by atoms with Crippen LogP contribution in [0.1, 0.15) is 23.1 Å². The molecule has 0 spiro atoms. The third-order valence-corrected chi connectivity index (χ3v) is 3.24. The largest absolute Gasteiger partial charge is 0.359 e. The average Bonchev–Trinajstić information content (AvgIpc) is 3.12. The number of rotatable bonds is 5. The van der Waals surface area contributed by atoms with E-state index in [1.54, 1.807) is 12.5 Å². The second kappa shape index (κ2) is 5.71. The smallest absolute Gasteiger partial charge is 0.156 e. The van der Waals surface area contributed by atoms with Crippen LogP contribution in [0.3, 0.4) is 0 Å². The van der Waals surface area contributed by atoms with Gasteiger partial charge in [0.15, 0.2) is 5.76 Å². The molecule has 0 aliphatic rings. The number of nitrogens with zero attached hydrogens (tertiary/aromatic N) is 3. The average molecular weight is 268 g/mol. The highest BCUT2D eigenvalue weighted by Crippen LogP contribution is 2.17. The highest BCUT2D eigenvalue weighted by atomic mass is 16.5. The van der Waals surface area contributed by atoms with E-state index < -0.39 is 0 Å². The third kappa shape index (κ3) is 2.78. The maximum absolute atomic E-state index is 6.29. The van der Waals surface area contributed by atoms with Gasteiger partial charge in [0, 0.05) is 12.3 Å². The molecule has 5 heteroatoms. The van der Waals surface area contributed by atoms with Crippen molar-refractivity contribution in [1.29, 1.82) is 0 Å². The summed E-state index contributed by atoms with van der Waals surface area (Å²) in [5, 5.41) is 3.70. The van der Waals surface area contributed by atoms with Gasteiger partial charge in [-0.1, -0.05) is 35.5 Å². The van der Waals surface area contributed by atoms with Crippen molar-refractivity contribution in [3.05, 3.63) is 72.1 Å². The summed E-state index contributed by atoms with van der Waals surface area (Å²) >= 11 is 0. The Bertz CT molecular complexity index is 646. The summed E-state index contributed by atoms with van der Waals surface area (Å²) in [5.41, 5.74) is 8.50. The predicted molar refractivity (Wildman–Crippen MR) is 74.9 cm³/mol. The second-order valence-corrected chi connectivity index (χ2v) is 4.72. The van der Waals surface area contributed by atoms with Crippen molar-refractivity contribution in [2.45, 2.75) is 19.0 Å². The zero-order valence-corrected chi connectivity index (χ0v) is 11.0. The summed E-state index contributed by atoms with van der Waals surface area (Å²) in [6.45, 7) is 0.595. The Labute approximate surface area is 117 Å². The number of hydrogen-bond acceptors (Lipinski definition) is 4. The van der Waals surface area contributed by atoms with E-state index in [4.69, 9.17) is 10.3 Å². The fourth-order valence-corrected chi connectivity index (χ4v) is 2.24. The van der Waals surface area contributed by atoms with E-state index in [1.165, 1.54) is 5.56 Å². The molecule has 0 saturated heterocycles. The lowest BCUT2D eigenvalue weighted by Gasteiger charge is -2.14. The van der Waals surface area contributed by atoms with E-state index in [0.717, 1.165) is 17.9 Å². The third-order valence-electron chi connectivity index (χ3n) is 3.24. The first-order valence-electron chi connectivity index (χ1n) is 6.52. The van der Waals surface area contributed by atoms with Gasteiger partial charge in [-0.05, 0) is 12.0 Å². The first-order chi connectivity index (χ1) is 9.83. The van der Waals surface area contributed by atoms with Gasteiger partial charge in [0.05, 0.1) is 30.8 Å². The van der Waals surface area contributed by atoms with Crippen LogP contribution in [0.4, 0.5) is 0 Å². The molecule has 0 aliphatic carbocycles. The molecule has 5 nitrogen and oxygen atoms in total. The second-order valence-electron chi connectivity index (χ2n) is 4.72. The molecule has 102 valence electrons. The zero-order valence-electron chi connectivity index (χ0n) is 11.0. The van der Waals surface area contributed by atoms with E-state index >= 15 is 0 Å². The summed E-state index contributed by atoms with van der Waals surface area (Å²) in [6.07, 6.45) is 5.99. The highest BCUT2D eigenvalue weighted by molar-refractivity contribution is 5.19. The molecule has 3 aromatic rings. The van der Waals surface area contributed by atoms with Gasteiger partial charge in [0.25, 0.3) is 0 Å². The van der Waals surface area contributed by atoms with Gasteiger partial charge in [-0.3, -0.25) is 0 Å². The zero-order chi connectivity index (χ0) is 13.8. The molecule has 0 amide bonds.